The zero-order valence-electron chi connectivity index (χ0n) is 20.9. The van der Waals surface area contributed by atoms with Crippen molar-refractivity contribution in [1.82, 2.24) is 5.32 Å². The average Bonchev–Trinajstić information content (AvgIpc) is 2.88. The monoisotopic (exact) mass is 549 g/mol. The lowest BCUT2D eigenvalue weighted by atomic mass is 9.75. The molecule has 4 rings (SSSR count). The third-order valence-electron chi connectivity index (χ3n) is 7.40. The summed E-state index contributed by atoms with van der Waals surface area (Å²) in [5.74, 6) is -0.948. The van der Waals surface area contributed by atoms with Crippen molar-refractivity contribution in [2.45, 2.75) is 69.0 Å². The van der Waals surface area contributed by atoms with Crippen LogP contribution in [0.5, 0.6) is 0 Å². The van der Waals surface area contributed by atoms with Gasteiger partial charge in [-0.25, -0.2) is 4.39 Å². The van der Waals surface area contributed by atoms with Gasteiger partial charge in [0.1, 0.15) is 5.82 Å². The van der Waals surface area contributed by atoms with E-state index in [2.05, 4.69) is 5.32 Å². The van der Waals surface area contributed by atoms with Gasteiger partial charge in [-0.15, -0.1) is 0 Å². The number of alkyl halides is 6. The van der Waals surface area contributed by atoms with Crippen molar-refractivity contribution in [3.63, 3.8) is 0 Å². The number of piperidine rings is 1. The minimum atomic E-state index is -4.97. The van der Waals surface area contributed by atoms with Crippen LogP contribution >= 0.6 is 0 Å². The molecule has 0 aliphatic carbocycles. The summed E-state index contributed by atoms with van der Waals surface area (Å²) in [5, 5.41) is 3.50. The minimum Gasteiger partial charge on any atom is -0.381 e. The average molecular weight is 550 g/mol. The van der Waals surface area contributed by atoms with E-state index in [1.807, 2.05) is 0 Å². The standard InChI is InChI=1S/C27H30F7NO3/c1-15(17-11-18(26(29,30)31)13-19(12-17)27(32,33)34)38-25-24(16-3-5-20(28)6-4-16)22(8-10-37-25)23-14-21(36-2)7-9-35-23/h3-6,11-13,15,21-25,35H,7-10,14H2,1-2H3. The molecule has 0 spiro atoms. The predicted molar refractivity (Wildman–Crippen MR) is 125 cm³/mol. The Kier molecular flexibility index (Phi) is 8.71. The topological polar surface area (TPSA) is 39.7 Å². The Hall–Kier alpha value is -2.21. The second-order valence-corrected chi connectivity index (χ2v) is 9.83. The van der Waals surface area contributed by atoms with Gasteiger partial charge in [0.15, 0.2) is 6.29 Å². The Morgan fingerprint density at radius 1 is 0.947 bits per heavy atom. The summed E-state index contributed by atoms with van der Waals surface area (Å²) in [6, 6.07) is 7.23. The number of nitrogens with one attached hydrogen (secondary N) is 1. The lowest BCUT2D eigenvalue weighted by Crippen LogP contribution is -2.51. The maximum atomic E-state index is 13.7. The van der Waals surface area contributed by atoms with Gasteiger partial charge in [-0.1, -0.05) is 12.1 Å². The third kappa shape index (κ3) is 6.67. The quantitative estimate of drug-likeness (QED) is 0.400. The first-order valence-electron chi connectivity index (χ1n) is 12.4. The molecule has 2 heterocycles. The lowest BCUT2D eigenvalue weighted by Gasteiger charge is -2.45. The van der Waals surface area contributed by atoms with Crippen molar-refractivity contribution in [2.75, 3.05) is 20.3 Å². The second-order valence-electron chi connectivity index (χ2n) is 9.83. The van der Waals surface area contributed by atoms with Crippen molar-refractivity contribution < 1.29 is 44.9 Å². The number of hydrogen-bond acceptors (Lipinski definition) is 4. The molecule has 2 aliphatic rings. The Bertz CT molecular complexity index is 1040. The zero-order valence-corrected chi connectivity index (χ0v) is 20.9. The Balaban J connectivity index is 1.66. The summed E-state index contributed by atoms with van der Waals surface area (Å²) in [6.45, 7) is 2.40. The summed E-state index contributed by atoms with van der Waals surface area (Å²) in [4.78, 5) is 0. The van der Waals surface area contributed by atoms with E-state index in [1.54, 1.807) is 19.2 Å². The largest absolute Gasteiger partial charge is 0.416 e. The number of rotatable bonds is 6. The molecule has 11 heteroatoms. The van der Waals surface area contributed by atoms with E-state index in [0.29, 0.717) is 30.5 Å². The van der Waals surface area contributed by atoms with E-state index in [1.165, 1.54) is 19.1 Å². The normalized spacial score (nSPS) is 27.8. The Morgan fingerprint density at radius 2 is 1.58 bits per heavy atom. The maximum Gasteiger partial charge on any atom is 0.416 e. The van der Waals surface area contributed by atoms with Crippen molar-refractivity contribution in [2.24, 2.45) is 5.92 Å². The second kappa shape index (κ2) is 11.5. The van der Waals surface area contributed by atoms with E-state index >= 15 is 0 Å². The van der Waals surface area contributed by atoms with Crippen LogP contribution in [0.15, 0.2) is 42.5 Å². The van der Waals surface area contributed by atoms with E-state index in [0.717, 1.165) is 13.0 Å². The summed E-state index contributed by atoms with van der Waals surface area (Å²) in [5.41, 5.74) is -2.39. The Morgan fingerprint density at radius 3 is 2.16 bits per heavy atom. The minimum absolute atomic E-state index is 0.000511. The molecule has 210 valence electrons. The van der Waals surface area contributed by atoms with Gasteiger partial charge in [0.2, 0.25) is 0 Å². The van der Waals surface area contributed by atoms with Crippen LogP contribution in [0.4, 0.5) is 30.7 Å². The molecule has 6 unspecified atom stereocenters. The summed E-state index contributed by atoms with van der Waals surface area (Å²) < 4.78 is 112. The van der Waals surface area contributed by atoms with Crippen LogP contribution in [0.2, 0.25) is 0 Å². The summed E-state index contributed by atoms with van der Waals surface area (Å²) in [7, 11) is 1.65. The van der Waals surface area contributed by atoms with E-state index < -0.39 is 47.6 Å². The van der Waals surface area contributed by atoms with Gasteiger partial charge in [0, 0.05) is 19.1 Å². The zero-order chi connectivity index (χ0) is 27.7. The molecular weight excluding hydrogens is 519 g/mol. The van der Waals surface area contributed by atoms with E-state index in [4.69, 9.17) is 14.2 Å². The molecule has 2 aromatic carbocycles. The molecule has 6 atom stereocenters. The molecule has 2 saturated heterocycles. The van der Waals surface area contributed by atoms with Crippen LogP contribution < -0.4 is 5.32 Å². The molecule has 0 bridgehead atoms. The highest BCUT2D eigenvalue weighted by Gasteiger charge is 2.43. The molecule has 2 fully saturated rings. The first-order chi connectivity index (χ1) is 17.9. The number of ether oxygens (including phenoxy) is 3. The van der Waals surface area contributed by atoms with Crippen molar-refractivity contribution in [3.8, 4) is 0 Å². The molecule has 4 nitrogen and oxygen atoms in total. The molecule has 0 aromatic heterocycles. The van der Waals surface area contributed by atoms with Crippen molar-refractivity contribution in [1.29, 1.82) is 0 Å². The molecule has 0 radical (unpaired) electrons. The molecule has 2 aromatic rings. The SMILES string of the molecule is COC1CCNC(C2CCOC(OC(C)c3cc(C(F)(F)F)cc(C(F)(F)F)c3)C2c2ccc(F)cc2)C1. The van der Waals surface area contributed by atoms with Gasteiger partial charge in [0.25, 0.3) is 0 Å². The number of hydrogen-bond donors (Lipinski definition) is 1. The van der Waals surface area contributed by atoms with Gasteiger partial charge in [-0.05, 0) is 80.1 Å². The summed E-state index contributed by atoms with van der Waals surface area (Å²) in [6.07, 6.45) is -9.85. The van der Waals surface area contributed by atoms with Crippen LogP contribution in [-0.2, 0) is 26.6 Å². The third-order valence-corrected chi connectivity index (χ3v) is 7.40. The molecule has 38 heavy (non-hydrogen) atoms. The maximum absolute atomic E-state index is 13.7. The van der Waals surface area contributed by atoms with Crippen molar-refractivity contribution in [3.05, 3.63) is 70.5 Å². The number of halogens is 7. The van der Waals surface area contributed by atoms with Gasteiger partial charge in [-0.2, -0.15) is 26.3 Å². The molecule has 0 saturated carbocycles. The fourth-order valence-corrected chi connectivity index (χ4v) is 5.42. The highest BCUT2D eigenvalue weighted by Crippen LogP contribution is 2.43. The van der Waals surface area contributed by atoms with Gasteiger partial charge in [0.05, 0.1) is 29.9 Å². The summed E-state index contributed by atoms with van der Waals surface area (Å²) >= 11 is 0. The highest BCUT2D eigenvalue weighted by atomic mass is 19.4. The van der Waals surface area contributed by atoms with Crippen LogP contribution in [0.25, 0.3) is 0 Å². The highest BCUT2D eigenvalue weighted by molar-refractivity contribution is 5.35. The Labute approximate surface area is 216 Å². The van der Waals surface area contributed by atoms with E-state index in [9.17, 15) is 30.7 Å². The molecular formula is C27H30F7NO3. The molecule has 1 N–H and O–H groups in total. The van der Waals surface area contributed by atoms with Crippen LogP contribution in [0.1, 0.15) is 60.5 Å². The molecule has 0 amide bonds. The van der Waals surface area contributed by atoms with Crippen LogP contribution in [0, 0.1) is 11.7 Å². The van der Waals surface area contributed by atoms with Gasteiger partial charge >= 0.3 is 12.4 Å². The van der Waals surface area contributed by atoms with E-state index in [-0.39, 0.29) is 36.3 Å². The predicted octanol–water partition coefficient (Wildman–Crippen LogP) is 6.85. The first kappa shape index (κ1) is 28.8. The fourth-order valence-electron chi connectivity index (χ4n) is 5.42. The fraction of sp³-hybridized carbons (Fsp3) is 0.556. The van der Waals surface area contributed by atoms with Crippen molar-refractivity contribution >= 4 is 0 Å². The first-order valence-corrected chi connectivity index (χ1v) is 12.4. The lowest BCUT2D eigenvalue weighted by molar-refractivity contribution is -0.212. The smallest absolute Gasteiger partial charge is 0.381 e. The number of methoxy groups -OCH3 is 1. The van der Waals surface area contributed by atoms with Gasteiger partial charge in [-0.3, -0.25) is 0 Å². The van der Waals surface area contributed by atoms with Gasteiger partial charge < -0.3 is 19.5 Å². The van der Waals surface area contributed by atoms with Crippen LogP contribution in [-0.4, -0.2) is 38.7 Å². The number of benzene rings is 2. The molecule has 2 aliphatic heterocycles. The van der Waals surface area contributed by atoms with Crippen LogP contribution in [0.3, 0.4) is 0 Å².